The number of hydrogen-bond acceptors (Lipinski definition) is 2. The van der Waals surface area contributed by atoms with E-state index in [1.54, 1.807) is 12.1 Å². The number of carboxylic acid groups (broad SMARTS) is 1. The number of H-pyrrole nitrogens is 1. The predicted molar refractivity (Wildman–Crippen MR) is 137 cm³/mol. The summed E-state index contributed by atoms with van der Waals surface area (Å²) < 4.78 is 2.06. The fourth-order valence-corrected chi connectivity index (χ4v) is 5.30. The first-order valence-electron chi connectivity index (χ1n) is 12.8. The van der Waals surface area contributed by atoms with Crippen LogP contribution >= 0.6 is 0 Å². The summed E-state index contributed by atoms with van der Waals surface area (Å²) in [7, 11) is 0. The predicted octanol–water partition coefficient (Wildman–Crippen LogP) is 6.76. The zero-order valence-corrected chi connectivity index (χ0v) is 20.2. The number of carbonyl (C=O) groups is 1. The number of imidazole rings is 1. The molecule has 2 N–H and O–H groups in total. The van der Waals surface area contributed by atoms with Crippen LogP contribution in [0.4, 0.5) is 0 Å². The smallest absolute Gasteiger partial charge is 0.336 e. The molecule has 1 aliphatic carbocycles. The lowest BCUT2D eigenvalue weighted by atomic mass is 9.94. The molecule has 1 saturated carbocycles. The van der Waals surface area contributed by atoms with Crippen molar-refractivity contribution in [2.24, 2.45) is 0 Å². The minimum Gasteiger partial charge on any atom is -0.478 e. The lowest BCUT2D eigenvalue weighted by Gasteiger charge is -2.24. The highest BCUT2D eigenvalue weighted by molar-refractivity contribution is 5.95. The number of unbranched alkanes of at least 4 members (excludes halogenated alkanes) is 3. The van der Waals surface area contributed by atoms with Crippen LogP contribution in [0.5, 0.6) is 0 Å². The Morgan fingerprint density at radius 2 is 1.74 bits per heavy atom. The summed E-state index contributed by atoms with van der Waals surface area (Å²) in [6.07, 6.45) is 12.1. The molecule has 2 aromatic carbocycles. The van der Waals surface area contributed by atoms with Crippen LogP contribution in [0.3, 0.4) is 0 Å². The van der Waals surface area contributed by atoms with Gasteiger partial charge in [0.05, 0.1) is 5.56 Å². The number of aromatic carboxylic acids is 1. The molecule has 180 valence electrons. The van der Waals surface area contributed by atoms with E-state index in [4.69, 9.17) is 0 Å². The average molecular weight is 461 g/mol. The average Bonchev–Trinajstić information content (AvgIpc) is 3.17. The van der Waals surface area contributed by atoms with E-state index in [1.165, 1.54) is 38.5 Å². The van der Waals surface area contributed by atoms with Crippen LogP contribution in [0.1, 0.15) is 98.1 Å². The first-order valence-corrected chi connectivity index (χ1v) is 12.8. The van der Waals surface area contributed by atoms with Crippen LogP contribution in [-0.4, -0.2) is 20.6 Å². The molecule has 0 atom stereocenters. The Morgan fingerprint density at radius 3 is 2.44 bits per heavy atom. The maximum absolute atomic E-state index is 13.0. The number of carboxylic acids is 1. The molecule has 0 saturated heterocycles. The van der Waals surface area contributed by atoms with Crippen molar-refractivity contribution in [2.75, 3.05) is 0 Å². The van der Waals surface area contributed by atoms with Gasteiger partial charge in [-0.3, -0.25) is 4.57 Å². The summed E-state index contributed by atoms with van der Waals surface area (Å²) in [5.41, 5.74) is 5.31. The van der Waals surface area contributed by atoms with E-state index >= 15 is 0 Å². The largest absolute Gasteiger partial charge is 0.478 e. The molecule has 0 aliphatic heterocycles. The molecule has 1 fully saturated rings. The summed E-state index contributed by atoms with van der Waals surface area (Å²) in [5.74, 6) is -0.920. The van der Waals surface area contributed by atoms with E-state index < -0.39 is 5.97 Å². The van der Waals surface area contributed by atoms with Crippen molar-refractivity contribution in [3.05, 3.63) is 81.5 Å². The Bertz CT molecular complexity index is 1150. The maximum atomic E-state index is 13.0. The normalized spacial score (nSPS) is 14.4. The molecule has 1 heterocycles. The van der Waals surface area contributed by atoms with Crippen molar-refractivity contribution in [3.8, 4) is 11.1 Å². The monoisotopic (exact) mass is 460 g/mol. The number of rotatable bonds is 10. The second-order valence-corrected chi connectivity index (χ2v) is 9.55. The number of hydrogen-bond donors (Lipinski definition) is 2. The van der Waals surface area contributed by atoms with Gasteiger partial charge in [-0.2, -0.15) is 0 Å². The van der Waals surface area contributed by atoms with E-state index in [0.29, 0.717) is 18.0 Å². The third kappa shape index (κ3) is 5.52. The van der Waals surface area contributed by atoms with Gasteiger partial charge in [0.15, 0.2) is 0 Å². The van der Waals surface area contributed by atoms with Crippen LogP contribution in [-0.2, 0) is 12.8 Å². The van der Waals surface area contributed by atoms with Crippen LogP contribution < -0.4 is 5.69 Å². The van der Waals surface area contributed by atoms with E-state index in [0.717, 1.165) is 53.8 Å². The van der Waals surface area contributed by atoms with E-state index in [1.807, 2.05) is 24.3 Å². The summed E-state index contributed by atoms with van der Waals surface area (Å²) in [6.45, 7) is 2.21. The molecule has 1 aliphatic rings. The maximum Gasteiger partial charge on any atom is 0.336 e. The van der Waals surface area contributed by atoms with Gasteiger partial charge in [0.2, 0.25) is 0 Å². The van der Waals surface area contributed by atoms with Crippen LogP contribution in [0.25, 0.3) is 11.1 Å². The van der Waals surface area contributed by atoms with Gasteiger partial charge in [-0.15, -0.1) is 0 Å². The molecule has 0 amide bonds. The van der Waals surface area contributed by atoms with Gasteiger partial charge in [-0.1, -0.05) is 87.9 Å². The van der Waals surface area contributed by atoms with E-state index in [-0.39, 0.29) is 5.69 Å². The van der Waals surface area contributed by atoms with Gasteiger partial charge in [0, 0.05) is 23.9 Å². The standard InChI is InChI=1S/C29H36N2O3/c1-2-3-4-8-15-26-27(31(29(34)30-26)23-11-6-5-7-12-23)20-21-16-18-22(19-17-21)24-13-9-10-14-25(24)28(32)33/h9-10,13-14,16-19,23H,2-8,11-12,15,20H2,1H3,(H,30,34)(H,32,33). The van der Waals surface area contributed by atoms with Crippen molar-refractivity contribution in [1.29, 1.82) is 0 Å². The summed E-state index contributed by atoms with van der Waals surface area (Å²) in [4.78, 5) is 27.9. The molecule has 4 rings (SSSR count). The molecule has 3 aromatic rings. The highest BCUT2D eigenvalue weighted by Gasteiger charge is 2.23. The van der Waals surface area contributed by atoms with Gasteiger partial charge in [-0.05, 0) is 48.4 Å². The highest BCUT2D eigenvalue weighted by atomic mass is 16.4. The number of aromatic nitrogens is 2. The van der Waals surface area contributed by atoms with Gasteiger partial charge in [0.25, 0.3) is 0 Å². The molecule has 1 aromatic heterocycles. The Hall–Kier alpha value is -3.08. The molecule has 0 unspecified atom stereocenters. The minimum atomic E-state index is -0.920. The van der Waals surface area contributed by atoms with Crippen LogP contribution in [0.2, 0.25) is 0 Å². The lowest BCUT2D eigenvalue weighted by Crippen LogP contribution is -2.26. The fraction of sp³-hybridized carbons (Fsp3) is 0.448. The van der Waals surface area contributed by atoms with Crippen molar-refractivity contribution < 1.29 is 9.90 Å². The fourth-order valence-electron chi connectivity index (χ4n) is 5.30. The molecule has 5 heteroatoms. The summed E-state index contributed by atoms with van der Waals surface area (Å²) in [5, 5.41) is 9.53. The number of aromatic amines is 1. The first kappa shape index (κ1) is 24.1. The molecule has 0 bridgehead atoms. The van der Waals surface area contributed by atoms with Gasteiger partial charge in [0.1, 0.15) is 0 Å². The Labute approximate surface area is 201 Å². The zero-order valence-electron chi connectivity index (χ0n) is 20.2. The SMILES string of the molecule is CCCCCCc1[nH]c(=O)n(C2CCCCC2)c1Cc1ccc(-c2ccccc2C(=O)O)cc1. The van der Waals surface area contributed by atoms with Crippen molar-refractivity contribution >= 4 is 5.97 Å². The van der Waals surface area contributed by atoms with E-state index in [2.05, 4.69) is 28.6 Å². The quantitative estimate of drug-likeness (QED) is 0.328. The third-order valence-electron chi connectivity index (χ3n) is 7.13. The van der Waals surface area contributed by atoms with Crippen LogP contribution in [0, 0.1) is 0 Å². The third-order valence-corrected chi connectivity index (χ3v) is 7.13. The number of benzene rings is 2. The minimum absolute atomic E-state index is 0.0411. The lowest BCUT2D eigenvalue weighted by molar-refractivity contribution is 0.0697. The number of nitrogens with one attached hydrogen (secondary N) is 1. The van der Waals surface area contributed by atoms with Crippen molar-refractivity contribution in [1.82, 2.24) is 9.55 Å². The Morgan fingerprint density at radius 1 is 1.00 bits per heavy atom. The highest BCUT2D eigenvalue weighted by Crippen LogP contribution is 2.30. The van der Waals surface area contributed by atoms with Gasteiger partial charge < -0.3 is 10.1 Å². The van der Waals surface area contributed by atoms with Crippen LogP contribution in [0.15, 0.2) is 53.3 Å². The summed E-state index contributed by atoms with van der Waals surface area (Å²) >= 11 is 0. The molecule has 34 heavy (non-hydrogen) atoms. The van der Waals surface area contributed by atoms with E-state index in [9.17, 15) is 14.7 Å². The molecule has 0 spiro atoms. The summed E-state index contributed by atoms with van der Waals surface area (Å²) in [6, 6.07) is 15.5. The topological polar surface area (TPSA) is 75.1 Å². The Balaban J connectivity index is 1.62. The molecular formula is C29H36N2O3. The van der Waals surface area contributed by atoms with Crippen molar-refractivity contribution in [2.45, 2.75) is 83.6 Å². The van der Waals surface area contributed by atoms with Crippen molar-refractivity contribution in [3.63, 3.8) is 0 Å². The molecule has 5 nitrogen and oxygen atoms in total. The first-order chi connectivity index (χ1) is 16.6. The number of aryl methyl sites for hydroxylation is 1. The second kappa shape index (κ2) is 11.4. The second-order valence-electron chi connectivity index (χ2n) is 9.55. The molecule has 0 radical (unpaired) electrons. The van der Waals surface area contributed by atoms with Gasteiger partial charge >= 0.3 is 11.7 Å². The zero-order chi connectivity index (χ0) is 23.9. The van der Waals surface area contributed by atoms with Gasteiger partial charge in [-0.25, -0.2) is 9.59 Å². The molecular weight excluding hydrogens is 424 g/mol. The Kier molecular flexibility index (Phi) is 8.04. The number of nitrogens with zero attached hydrogens (tertiary/aromatic N) is 1.